The molecule has 2 aromatic carbocycles. The van der Waals surface area contributed by atoms with Crippen molar-refractivity contribution in [2.75, 3.05) is 20.7 Å². The van der Waals surface area contributed by atoms with Crippen molar-refractivity contribution in [1.29, 1.82) is 0 Å². The normalized spacial score (nSPS) is 11.2. The molecule has 0 aromatic heterocycles. The minimum absolute atomic E-state index is 0.0695. The molecular weight excluding hydrogens is 382 g/mol. The summed E-state index contributed by atoms with van der Waals surface area (Å²) in [4.78, 5) is 24.0. The predicted molar refractivity (Wildman–Crippen MR) is 104 cm³/mol. The lowest BCUT2D eigenvalue weighted by Gasteiger charge is -2.12. The highest BCUT2D eigenvalue weighted by Gasteiger charge is 2.17. The molecule has 0 saturated carbocycles. The molecule has 2 rings (SSSR count). The van der Waals surface area contributed by atoms with E-state index in [9.17, 15) is 18.0 Å². The van der Waals surface area contributed by atoms with E-state index in [0.717, 1.165) is 15.4 Å². The molecule has 0 atom stereocenters. The Labute approximate surface area is 164 Å². The van der Waals surface area contributed by atoms with Gasteiger partial charge in [0.1, 0.15) is 5.75 Å². The number of sulfonamides is 1. The van der Waals surface area contributed by atoms with Crippen molar-refractivity contribution in [2.24, 2.45) is 0 Å². The Morgan fingerprint density at radius 3 is 2.25 bits per heavy atom. The number of ether oxygens (including phenoxy) is 1. The average Bonchev–Trinajstić information content (AvgIpc) is 2.66. The molecular formula is C19H23N3O5S. The Bertz CT molecular complexity index is 970. The van der Waals surface area contributed by atoms with E-state index in [-0.39, 0.29) is 17.1 Å². The van der Waals surface area contributed by atoms with Gasteiger partial charge in [0.05, 0.1) is 4.90 Å². The third-order valence-electron chi connectivity index (χ3n) is 3.91. The van der Waals surface area contributed by atoms with Crippen LogP contribution in [0.15, 0.2) is 47.4 Å². The summed E-state index contributed by atoms with van der Waals surface area (Å²) in [7, 11) is -0.725. The Balaban J connectivity index is 1.89. The highest BCUT2D eigenvalue weighted by atomic mass is 32.2. The zero-order valence-electron chi connectivity index (χ0n) is 16.1. The number of hydrogen-bond acceptors (Lipinski definition) is 5. The fourth-order valence-electron chi connectivity index (χ4n) is 2.23. The summed E-state index contributed by atoms with van der Waals surface area (Å²) in [5.41, 5.74) is 6.63. The second-order valence-electron chi connectivity index (χ2n) is 6.37. The number of hydrogen-bond donors (Lipinski definition) is 2. The first-order valence-corrected chi connectivity index (χ1v) is 9.87. The van der Waals surface area contributed by atoms with Crippen LogP contribution in [0.3, 0.4) is 0 Å². The van der Waals surface area contributed by atoms with E-state index in [1.807, 2.05) is 32.0 Å². The van der Waals surface area contributed by atoms with Crippen LogP contribution in [0.4, 0.5) is 0 Å². The highest BCUT2D eigenvalue weighted by Crippen LogP contribution is 2.18. The van der Waals surface area contributed by atoms with Crippen LogP contribution in [-0.2, 0) is 14.8 Å². The van der Waals surface area contributed by atoms with E-state index in [2.05, 4.69) is 10.9 Å². The smallest absolute Gasteiger partial charge is 0.276 e. The maximum absolute atomic E-state index is 12.1. The summed E-state index contributed by atoms with van der Waals surface area (Å²) in [6, 6.07) is 11.0. The number of carbonyl (C=O) groups is 2. The number of amides is 2. The number of carbonyl (C=O) groups excluding carboxylic acids is 2. The van der Waals surface area contributed by atoms with Crippen LogP contribution < -0.4 is 15.6 Å². The predicted octanol–water partition coefficient (Wildman–Crippen LogP) is 1.39. The largest absolute Gasteiger partial charge is 0.483 e. The van der Waals surface area contributed by atoms with Gasteiger partial charge in [0.15, 0.2) is 6.61 Å². The zero-order valence-corrected chi connectivity index (χ0v) is 17.0. The van der Waals surface area contributed by atoms with Crippen molar-refractivity contribution in [2.45, 2.75) is 18.7 Å². The van der Waals surface area contributed by atoms with E-state index in [0.29, 0.717) is 5.75 Å². The van der Waals surface area contributed by atoms with Gasteiger partial charge in [-0.25, -0.2) is 12.7 Å². The molecule has 0 unspecified atom stereocenters. The number of nitrogens with zero attached hydrogens (tertiary/aromatic N) is 1. The van der Waals surface area contributed by atoms with E-state index in [1.54, 1.807) is 0 Å². The van der Waals surface area contributed by atoms with Crippen LogP contribution in [0, 0.1) is 13.8 Å². The fourth-order valence-corrected chi connectivity index (χ4v) is 3.13. The number of rotatable bonds is 6. The van der Waals surface area contributed by atoms with Gasteiger partial charge in [-0.2, -0.15) is 0 Å². The van der Waals surface area contributed by atoms with Crippen LogP contribution >= 0.6 is 0 Å². The molecule has 8 nitrogen and oxygen atoms in total. The molecule has 0 heterocycles. The fraction of sp³-hybridized carbons (Fsp3) is 0.263. The van der Waals surface area contributed by atoms with Crippen LogP contribution in [0.5, 0.6) is 5.75 Å². The van der Waals surface area contributed by atoms with Gasteiger partial charge in [0, 0.05) is 19.7 Å². The quantitative estimate of drug-likeness (QED) is 0.707. The van der Waals surface area contributed by atoms with Crippen LogP contribution in [-0.4, -0.2) is 45.2 Å². The van der Waals surface area contributed by atoms with E-state index >= 15 is 0 Å². The van der Waals surface area contributed by atoms with Crippen molar-refractivity contribution < 1.29 is 22.7 Å². The first kappa shape index (κ1) is 21.4. The van der Waals surface area contributed by atoms with Gasteiger partial charge in [0.2, 0.25) is 10.0 Å². The van der Waals surface area contributed by atoms with Crippen molar-refractivity contribution in [1.82, 2.24) is 15.2 Å². The number of benzene rings is 2. The van der Waals surface area contributed by atoms with Crippen LogP contribution in [0.25, 0.3) is 0 Å². The summed E-state index contributed by atoms with van der Waals surface area (Å²) in [6.45, 7) is 3.53. The van der Waals surface area contributed by atoms with Crippen molar-refractivity contribution in [3.8, 4) is 5.75 Å². The molecule has 0 radical (unpaired) electrons. The number of aryl methyl sites for hydroxylation is 2. The van der Waals surface area contributed by atoms with E-state index in [4.69, 9.17) is 4.74 Å². The van der Waals surface area contributed by atoms with Gasteiger partial charge in [-0.3, -0.25) is 20.4 Å². The Hall–Kier alpha value is -2.91. The standard InChI is InChI=1S/C19H23N3O5S/c1-13-5-6-14(2)17(11-13)27-12-18(23)20-21-19(24)15-7-9-16(10-8-15)28(25,26)22(3)4/h5-11H,12H2,1-4H3,(H,20,23)(H,21,24). The summed E-state index contributed by atoms with van der Waals surface area (Å²) < 4.78 is 30.6. The molecule has 0 aliphatic heterocycles. The second kappa shape index (κ2) is 8.85. The van der Waals surface area contributed by atoms with E-state index in [1.165, 1.54) is 38.4 Å². The van der Waals surface area contributed by atoms with Crippen molar-refractivity contribution >= 4 is 21.8 Å². The molecule has 28 heavy (non-hydrogen) atoms. The molecule has 0 bridgehead atoms. The highest BCUT2D eigenvalue weighted by molar-refractivity contribution is 7.89. The average molecular weight is 405 g/mol. The summed E-state index contributed by atoms with van der Waals surface area (Å²) in [5.74, 6) is -0.505. The molecule has 2 N–H and O–H groups in total. The monoisotopic (exact) mass is 405 g/mol. The van der Waals surface area contributed by atoms with Crippen molar-refractivity contribution in [3.05, 3.63) is 59.2 Å². The molecule has 0 saturated heterocycles. The number of hydrazine groups is 1. The van der Waals surface area contributed by atoms with Crippen molar-refractivity contribution in [3.63, 3.8) is 0 Å². The third kappa shape index (κ3) is 5.30. The van der Waals surface area contributed by atoms with Gasteiger partial charge in [-0.15, -0.1) is 0 Å². The molecule has 2 amide bonds. The van der Waals surface area contributed by atoms with Gasteiger partial charge in [-0.05, 0) is 55.3 Å². The minimum atomic E-state index is -3.57. The maximum atomic E-state index is 12.1. The number of nitrogens with one attached hydrogen (secondary N) is 2. The zero-order chi connectivity index (χ0) is 20.9. The summed E-state index contributed by atoms with van der Waals surface area (Å²) in [6.07, 6.45) is 0. The summed E-state index contributed by atoms with van der Waals surface area (Å²) >= 11 is 0. The van der Waals surface area contributed by atoms with Crippen LogP contribution in [0.1, 0.15) is 21.5 Å². The Morgan fingerprint density at radius 1 is 1.00 bits per heavy atom. The second-order valence-corrected chi connectivity index (χ2v) is 8.52. The van der Waals surface area contributed by atoms with Gasteiger partial charge < -0.3 is 4.74 Å². The first-order valence-electron chi connectivity index (χ1n) is 8.43. The first-order chi connectivity index (χ1) is 13.1. The van der Waals surface area contributed by atoms with Gasteiger partial charge >= 0.3 is 0 Å². The lowest BCUT2D eigenvalue weighted by molar-refractivity contribution is -0.123. The molecule has 0 fully saturated rings. The topological polar surface area (TPSA) is 105 Å². The molecule has 150 valence electrons. The lowest BCUT2D eigenvalue weighted by atomic mass is 10.1. The third-order valence-corrected chi connectivity index (χ3v) is 5.74. The lowest BCUT2D eigenvalue weighted by Crippen LogP contribution is -2.43. The van der Waals surface area contributed by atoms with Gasteiger partial charge in [0.25, 0.3) is 11.8 Å². The molecule has 2 aromatic rings. The molecule has 0 aliphatic carbocycles. The molecule has 0 aliphatic rings. The SMILES string of the molecule is Cc1ccc(C)c(OCC(=O)NNC(=O)c2ccc(S(=O)(=O)N(C)C)cc2)c1. The molecule has 0 spiro atoms. The minimum Gasteiger partial charge on any atom is -0.483 e. The Morgan fingerprint density at radius 2 is 1.64 bits per heavy atom. The van der Waals surface area contributed by atoms with Crippen LogP contribution in [0.2, 0.25) is 0 Å². The maximum Gasteiger partial charge on any atom is 0.276 e. The van der Waals surface area contributed by atoms with Gasteiger partial charge in [-0.1, -0.05) is 12.1 Å². The summed E-state index contributed by atoms with van der Waals surface area (Å²) in [5, 5.41) is 0. The van der Waals surface area contributed by atoms with E-state index < -0.39 is 21.8 Å². The Kier molecular flexibility index (Phi) is 6.76. The molecule has 9 heteroatoms.